The van der Waals surface area contributed by atoms with E-state index in [-0.39, 0.29) is 24.1 Å². The van der Waals surface area contributed by atoms with Gasteiger partial charge in [0.15, 0.2) is 0 Å². The Balaban J connectivity index is 1.17. The van der Waals surface area contributed by atoms with Crippen LogP contribution in [0.4, 0.5) is 4.39 Å². The lowest BCUT2D eigenvalue weighted by Gasteiger charge is -2.18. The summed E-state index contributed by atoms with van der Waals surface area (Å²) in [7, 11) is 1.37. The molecule has 0 radical (unpaired) electrons. The van der Waals surface area contributed by atoms with Gasteiger partial charge in [0.25, 0.3) is 0 Å². The minimum absolute atomic E-state index is 0.0753. The first-order chi connectivity index (χ1) is 20.5. The fraction of sp³-hybridized carbons (Fsp3) is 0.235. The van der Waals surface area contributed by atoms with Gasteiger partial charge in [-0.3, -0.25) is 4.79 Å². The Kier molecular flexibility index (Phi) is 7.65. The van der Waals surface area contributed by atoms with Crippen LogP contribution in [-0.4, -0.2) is 19.7 Å². The molecule has 8 heteroatoms. The van der Waals surface area contributed by atoms with Gasteiger partial charge in [0.05, 0.1) is 25.7 Å². The molecular weight excluding hydrogens is 537 g/mol. The number of nitrogens with zero attached hydrogens (tertiary/aromatic N) is 1. The Hall–Kier alpha value is -5.03. The summed E-state index contributed by atoms with van der Waals surface area (Å²) >= 11 is 0. The van der Waals surface area contributed by atoms with Crippen molar-refractivity contribution in [3.63, 3.8) is 0 Å². The maximum Gasteiger partial charge on any atom is 0.306 e. The second-order valence-electron chi connectivity index (χ2n) is 10.2. The van der Waals surface area contributed by atoms with E-state index in [1.807, 2.05) is 42.5 Å². The summed E-state index contributed by atoms with van der Waals surface area (Å²) in [5.41, 5.74) is 3.41. The summed E-state index contributed by atoms with van der Waals surface area (Å²) in [5, 5.41) is 9.79. The average Bonchev–Trinajstić information content (AvgIpc) is 3.63. The zero-order valence-corrected chi connectivity index (χ0v) is 23.0. The molecular formula is C34H28FNO6. The number of hydrogen-bond acceptors (Lipinski definition) is 7. The Morgan fingerprint density at radius 1 is 1.02 bits per heavy atom. The molecule has 0 spiro atoms. The lowest BCUT2D eigenvalue weighted by atomic mass is 9.98. The molecule has 4 aromatic rings. The molecule has 2 atom stereocenters. The number of benzene rings is 4. The summed E-state index contributed by atoms with van der Waals surface area (Å²) in [4.78, 5) is 11.7. The third kappa shape index (κ3) is 5.59. The fourth-order valence-corrected chi connectivity index (χ4v) is 5.44. The van der Waals surface area contributed by atoms with Crippen LogP contribution in [0.5, 0.6) is 28.7 Å². The van der Waals surface area contributed by atoms with Crippen LogP contribution in [0, 0.1) is 17.1 Å². The van der Waals surface area contributed by atoms with E-state index < -0.39 is 6.10 Å². The summed E-state index contributed by atoms with van der Waals surface area (Å²) in [6.07, 6.45) is 0.839. The number of methoxy groups -OCH3 is 1. The smallest absolute Gasteiger partial charge is 0.306 e. The molecule has 2 aliphatic rings. The van der Waals surface area contributed by atoms with E-state index in [0.29, 0.717) is 71.5 Å². The van der Waals surface area contributed by atoms with Crippen molar-refractivity contribution >= 4 is 5.97 Å². The molecule has 42 heavy (non-hydrogen) atoms. The maximum absolute atomic E-state index is 15.1. The van der Waals surface area contributed by atoms with Crippen LogP contribution < -0.4 is 18.9 Å². The van der Waals surface area contributed by atoms with Gasteiger partial charge in [-0.05, 0) is 48.7 Å². The standard InChI is InChI=1S/C34H28FNO6/c1-38-33(37)16-23-20-40-32-17-25(7-9-26(23)32)41-31-13-10-27-30(14-11-28(35)34(27)31)42-29-12-8-24(15-22(29)18-36)39-19-21-5-3-2-4-6-21/h2-9,11-12,14-15,17,23,31H,10,13,16,19-20H2,1H3/t23-,31-/m1/s1. The molecule has 0 saturated heterocycles. The Morgan fingerprint density at radius 2 is 1.83 bits per heavy atom. The van der Waals surface area contributed by atoms with Gasteiger partial charge in [-0.1, -0.05) is 36.4 Å². The van der Waals surface area contributed by atoms with E-state index in [4.69, 9.17) is 23.7 Å². The minimum Gasteiger partial charge on any atom is -0.492 e. The largest absolute Gasteiger partial charge is 0.492 e. The monoisotopic (exact) mass is 565 g/mol. The van der Waals surface area contributed by atoms with Crippen molar-refractivity contribution in [1.82, 2.24) is 0 Å². The topological polar surface area (TPSA) is 87.0 Å². The van der Waals surface area contributed by atoms with E-state index >= 15 is 4.39 Å². The van der Waals surface area contributed by atoms with Crippen LogP contribution in [0.25, 0.3) is 0 Å². The van der Waals surface area contributed by atoms with Gasteiger partial charge in [0.1, 0.15) is 53.3 Å². The number of nitriles is 1. The number of fused-ring (bicyclic) bond motifs is 2. The molecule has 7 nitrogen and oxygen atoms in total. The van der Waals surface area contributed by atoms with Gasteiger partial charge >= 0.3 is 5.97 Å². The quantitative estimate of drug-likeness (QED) is 0.199. The van der Waals surface area contributed by atoms with Crippen LogP contribution in [-0.2, 0) is 22.6 Å². The van der Waals surface area contributed by atoms with Crippen molar-refractivity contribution < 1.29 is 32.9 Å². The molecule has 1 aliphatic heterocycles. The molecule has 0 N–H and O–H groups in total. The summed E-state index contributed by atoms with van der Waals surface area (Å²) in [6, 6.07) is 25.4. The zero-order valence-electron chi connectivity index (χ0n) is 23.0. The average molecular weight is 566 g/mol. The van der Waals surface area contributed by atoms with Crippen LogP contribution >= 0.6 is 0 Å². The van der Waals surface area contributed by atoms with Crippen LogP contribution in [0.2, 0.25) is 0 Å². The van der Waals surface area contributed by atoms with Gasteiger partial charge in [0.2, 0.25) is 0 Å². The number of carbonyl (C=O) groups excluding carboxylic acids is 1. The first-order valence-electron chi connectivity index (χ1n) is 13.7. The first-order valence-corrected chi connectivity index (χ1v) is 13.7. The van der Waals surface area contributed by atoms with Crippen molar-refractivity contribution in [3.8, 4) is 34.8 Å². The SMILES string of the molecule is COC(=O)C[C@@H]1COc2cc(O[C@@H]3CCc4c(Oc5ccc(OCc6ccccc6)cc5C#N)ccc(F)c43)ccc21. The van der Waals surface area contributed by atoms with Crippen LogP contribution in [0.3, 0.4) is 0 Å². The highest BCUT2D eigenvalue weighted by Crippen LogP contribution is 2.45. The van der Waals surface area contributed by atoms with E-state index in [1.165, 1.54) is 13.2 Å². The Morgan fingerprint density at radius 3 is 2.64 bits per heavy atom. The molecule has 4 aromatic carbocycles. The highest BCUT2D eigenvalue weighted by molar-refractivity contribution is 5.71. The molecule has 0 amide bonds. The third-order valence-corrected chi connectivity index (χ3v) is 7.56. The van der Waals surface area contributed by atoms with E-state index in [1.54, 1.807) is 30.3 Å². The van der Waals surface area contributed by atoms with Crippen molar-refractivity contribution in [2.24, 2.45) is 0 Å². The molecule has 0 saturated carbocycles. The molecule has 1 heterocycles. The molecule has 0 fully saturated rings. The van der Waals surface area contributed by atoms with Gasteiger partial charge < -0.3 is 23.7 Å². The van der Waals surface area contributed by atoms with E-state index in [9.17, 15) is 10.1 Å². The number of ether oxygens (including phenoxy) is 5. The highest BCUT2D eigenvalue weighted by atomic mass is 19.1. The number of rotatable bonds is 9. The fourth-order valence-electron chi connectivity index (χ4n) is 5.44. The summed E-state index contributed by atoms with van der Waals surface area (Å²) < 4.78 is 44.0. The Labute approximate surface area is 243 Å². The van der Waals surface area contributed by atoms with Crippen molar-refractivity contribution in [2.75, 3.05) is 13.7 Å². The van der Waals surface area contributed by atoms with Gasteiger partial charge in [0, 0.05) is 34.7 Å². The number of esters is 1. The number of hydrogen-bond donors (Lipinski definition) is 0. The molecule has 0 aromatic heterocycles. The molecule has 1 aliphatic carbocycles. The predicted molar refractivity (Wildman–Crippen MR) is 151 cm³/mol. The molecule has 212 valence electrons. The van der Waals surface area contributed by atoms with E-state index in [0.717, 1.165) is 11.1 Å². The molecule has 6 rings (SSSR count). The minimum atomic E-state index is -0.516. The normalized spacial score (nSPS) is 16.5. The third-order valence-electron chi connectivity index (χ3n) is 7.56. The molecule has 0 unspecified atom stereocenters. The Bertz CT molecular complexity index is 1670. The first kappa shape index (κ1) is 27.2. The van der Waals surface area contributed by atoms with Crippen molar-refractivity contribution in [1.29, 1.82) is 5.26 Å². The predicted octanol–water partition coefficient (Wildman–Crippen LogP) is 7.17. The lowest BCUT2D eigenvalue weighted by Crippen LogP contribution is -2.09. The van der Waals surface area contributed by atoms with Crippen LogP contribution in [0.1, 0.15) is 52.7 Å². The number of carbonyl (C=O) groups is 1. The second-order valence-corrected chi connectivity index (χ2v) is 10.2. The van der Waals surface area contributed by atoms with Gasteiger partial charge in [-0.15, -0.1) is 0 Å². The maximum atomic E-state index is 15.1. The second kappa shape index (κ2) is 11.8. The van der Waals surface area contributed by atoms with Crippen molar-refractivity contribution in [3.05, 3.63) is 112 Å². The van der Waals surface area contributed by atoms with Gasteiger partial charge in [-0.25, -0.2) is 4.39 Å². The van der Waals surface area contributed by atoms with Crippen molar-refractivity contribution in [2.45, 2.75) is 37.9 Å². The van der Waals surface area contributed by atoms with E-state index in [2.05, 4.69) is 6.07 Å². The highest BCUT2D eigenvalue weighted by Gasteiger charge is 2.32. The van der Waals surface area contributed by atoms with Gasteiger partial charge in [-0.2, -0.15) is 5.26 Å². The molecule has 0 bridgehead atoms. The summed E-state index contributed by atoms with van der Waals surface area (Å²) in [6.45, 7) is 0.767. The summed E-state index contributed by atoms with van der Waals surface area (Å²) in [5.74, 6) is 1.85. The number of halogens is 1. The zero-order chi connectivity index (χ0) is 29.1. The van der Waals surface area contributed by atoms with Crippen LogP contribution in [0.15, 0.2) is 78.9 Å². The lowest BCUT2D eigenvalue weighted by molar-refractivity contribution is -0.141.